The van der Waals surface area contributed by atoms with Gasteiger partial charge in [-0.15, -0.1) is 11.6 Å². The van der Waals surface area contributed by atoms with Gasteiger partial charge in [-0.3, -0.25) is 4.79 Å². The van der Waals surface area contributed by atoms with E-state index in [0.29, 0.717) is 5.88 Å². The van der Waals surface area contributed by atoms with Crippen molar-refractivity contribution in [2.75, 3.05) is 5.88 Å². The van der Waals surface area contributed by atoms with E-state index in [2.05, 4.69) is 0 Å². The number of rotatable bonds is 3. The first-order valence-electron chi connectivity index (χ1n) is 2.90. The van der Waals surface area contributed by atoms with Crippen LogP contribution in [0.25, 0.3) is 0 Å². The van der Waals surface area contributed by atoms with E-state index in [1.54, 1.807) is 0 Å². The van der Waals surface area contributed by atoms with E-state index in [1.807, 2.05) is 6.92 Å². The Morgan fingerprint density at radius 1 is 1.78 bits per heavy atom. The van der Waals surface area contributed by atoms with Crippen LogP contribution >= 0.6 is 11.6 Å². The van der Waals surface area contributed by atoms with Crippen molar-refractivity contribution in [2.45, 2.75) is 26.4 Å². The second-order valence-corrected chi connectivity index (χ2v) is 2.28. The van der Waals surface area contributed by atoms with Crippen LogP contribution < -0.4 is 0 Å². The molecule has 0 heterocycles. The maximum atomic E-state index is 10.3. The Bertz CT molecular complexity index is 93.1. The van der Waals surface area contributed by atoms with Gasteiger partial charge in [0, 0.05) is 12.8 Å². The van der Waals surface area contributed by atoms with Gasteiger partial charge in [0.15, 0.2) is 0 Å². The summed E-state index contributed by atoms with van der Waals surface area (Å²) in [6, 6.07) is 0. The van der Waals surface area contributed by atoms with Crippen LogP contribution in [0.4, 0.5) is 0 Å². The first-order chi connectivity index (χ1) is 4.16. The van der Waals surface area contributed by atoms with Gasteiger partial charge in [0.25, 0.3) is 0 Å². The first kappa shape index (κ1) is 8.76. The number of alkyl halides is 1. The summed E-state index contributed by atoms with van der Waals surface area (Å²) < 4.78 is 4.77. The minimum absolute atomic E-state index is 0.0417. The highest BCUT2D eigenvalue weighted by molar-refractivity contribution is 6.17. The van der Waals surface area contributed by atoms with Crippen molar-refractivity contribution in [1.29, 1.82) is 0 Å². The Balaban J connectivity index is 3.26. The quantitative estimate of drug-likeness (QED) is 0.451. The van der Waals surface area contributed by atoms with Crippen molar-refractivity contribution in [3.63, 3.8) is 0 Å². The molecule has 3 heteroatoms. The van der Waals surface area contributed by atoms with Gasteiger partial charge >= 0.3 is 5.97 Å². The fraction of sp³-hybridized carbons (Fsp3) is 0.833. The molecule has 0 aromatic rings. The van der Waals surface area contributed by atoms with Crippen LogP contribution in [0, 0.1) is 0 Å². The lowest BCUT2D eigenvalue weighted by atomic mass is 10.3. The summed E-state index contributed by atoms with van der Waals surface area (Å²) in [4.78, 5) is 10.3. The molecule has 0 aliphatic heterocycles. The Morgan fingerprint density at radius 2 is 2.33 bits per heavy atom. The van der Waals surface area contributed by atoms with Crippen molar-refractivity contribution in [3.05, 3.63) is 0 Å². The summed E-state index contributed by atoms with van der Waals surface area (Å²) in [5.41, 5.74) is 0. The van der Waals surface area contributed by atoms with Crippen molar-refractivity contribution in [2.24, 2.45) is 0 Å². The molecule has 2 nitrogen and oxygen atoms in total. The Hall–Kier alpha value is -0.240. The van der Waals surface area contributed by atoms with E-state index in [4.69, 9.17) is 16.3 Å². The molecule has 1 atom stereocenters. The van der Waals surface area contributed by atoms with Gasteiger partial charge in [0.2, 0.25) is 0 Å². The van der Waals surface area contributed by atoms with E-state index in [-0.39, 0.29) is 12.1 Å². The Morgan fingerprint density at radius 3 is 2.67 bits per heavy atom. The highest BCUT2D eigenvalue weighted by atomic mass is 35.5. The average Bonchev–Trinajstić information content (AvgIpc) is 1.63. The van der Waals surface area contributed by atoms with Crippen LogP contribution in [-0.2, 0) is 9.53 Å². The van der Waals surface area contributed by atoms with Crippen LogP contribution in [0.3, 0.4) is 0 Å². The second-order valence-electron chi connectivity index (χ2n) is 1.90. The molecule has 0 saturated carbocycles. The zero-order valence-corrected chi connectivity index (χ0v) is 6.44. The van der Waals surface area contributed by atoms with E-state index in [9.17, 15) is 4.79 Å². The third-order valence-electron chi connectivity index (χ3n) is 0.883. The fourth-order valence-corrected chi connectivity index (χ4v) is 0.803. The smallest absolute Gasteiger partial charge is 0.302 e. The molecule has 9 heavy (non-hydrogen) atoms. The van der Waals surface area contributed by atoms with Crippen LogP contribution in [0.1, 0.15) is 20.3 Å². The standard InChI is InChI=1S/C6H11ClO2/c1-5(3-4-7)9-6(2)8/h5H,3-4H2,1-2H3. The summed E-state index contributed by atoms with van der Waals surface area (Å²) in [5.74, 6) is 0.293. The molecule has 0 radical (unpaired) electrons. The van der Waals surface area contributed by atoms with Crippen LogP contribution in [0.2, 0.25) is 0 Å². The topological polar surface area (TPSA) is 26.3 Å². The number of carbonyl (C=O) groups is 1. The largest absolute Gasteiger partial charge is 0.463 e. The maximum Gasteiger partial charge on any atom is 0.302 e. The van der Waals surface area contributed by atoms with Crippen molar-refractivity contribution >= 4 is 17.6 Å². The molecule has 0 rings (SSSR count). The average molecular weight is 151 g/mol. The monoisotopic (exact) mass is 150 g/mol. The highest BCUT2D eigenvalue weighted by Crippen LogP contribution is 1.98. The van der Waals surface area contributed by atoms with Crippen molar-refractivity contribution in [1.82, 2.24) is 0 Å². The van der Waals surface area contributed by atoms with Gasteiger partial charge in [-0.1, -0.05) is 0 Å². The lowest BCUT2D eigenvalue weighted by Gasteiger charge is -2.08. The third-order valence-corrected chi connectivity index (χ3v) is 1.10. The SMILES string of the molecule is CC(=O)OC(C)CCCl. The van der Waals surface area contributed by atoms with E-state index < -0.39 is 0 Å². The molecular formula is C6H11ClO2. The predicted octanol–water partition coefficient (Wildman–Crippen LogP) is 1.57. The normalized spacial score (nSPS) is 12.8. The summed E-state index contributed by atoms with van der Waals surface area (Å²) >= 11 is 5.39. The predicted molar refractivity (Wildman–Crippen MR) is 36.6 cm³/mol. The molecule has 0 aliphatic rings. The van der Waals surface area contributed by atoms with Gasteiger partial charge in [-0.2, -0.15) is 0 Å². The van der Waals surface area contributed by atoms with Crippen LogP contribution in [0.15, 0.2) is 0 Å². The summed E-state index contributed by atoms with van der Waals surface area (Å²) in [5, 5.41) is 0. The maximum absolute atomic E-state index is 10.3. The number of hydrogen-bond acceptors (Lipinski definition) is 2. The molecule has 0 amide bonds. The third kappa shape index (κ3) is 5.63. The molecule has 0 bridgehead atoms. The number of hydrogen-bond donors (Lipinski definition) is 0. The summed E-state index contributed by atoms with van der Waals surface area (Å²) in [7, 11) is 0. The number of ether oxygens (including phenoxy) is 1. The molecule has 1 unspecified atom stereocenters. The second kappa shape index (κ2) is 4.62. The fourth-order valence-electron chi connectivity index (χ4n) is 0.496. The molecule has 0 N–H and O–H groups in total. The Kier molecular flexibility index (Phi) is 4.50. The number of halogens is 1. The van der Waals surface area contributed by atoms with Gasteiger partial charge in [-0.05, 0) is 13.3 Å². The van der Waals surface area contributed by atoms with Crippen molar-refractivity contribution in [3.8, 4) is 0 Å². The molecule has 0 fully saturated rings. The zero-order chi connectivity index (χ0) is 7.28. The van der Waals surface area contributed by atoms with Crippen molar-refractivity contribution < 1.29 is 9.53 Å². The summed E-state index contributed by atoms with van der Waals surface area (Å²) in [6.45, 7) is 3.22. The minimum Gasteiger partial charge on any atom is -0.463 e. The molecular weight excluding hydrogens is 140 g/mol. The van der Waals surface area contributed by atoms with E-state index >= 15 is 0 Å². The number of carbonyl (C=O) groups excluding carboxylic acids is 1. The zero-order valence-electron chi connectivity index (χ0n) is 5.69. The molecule has 0 aromatic heterocycles. The molecule has 54 valence electrons. The van der Waals surface area contributed by atoms with Gasteiger partial charge < -0.3 is 4.74 Å². The summed E-state index contributed by atoms with van der Waals surface area (Å²) in [6.07, 6.45) is 0.682. The minimum atomic E-state index is -0.243. The molecule has 0 aliphatic carbocycles. The highest BCUT2D eigenvalue weighted by Gasteiger charge is 2.02. The molecule has 0 spiro atoms. The van der Waals surface area contributed by atoms with Gasteiger partial charge in [-0.25, -0.2) is 0 Å². The van der Waals surface area contributed by atoms with Gasteiger partial charge in [0.1, 0.15) is 6.10 Å². The first-order valence-corrected chi connectivity index (χ1v) is 3.43. The van der Waals surface area contributed by atoms with Crippen LogP contribution in [0.5, 0.6) is 0 Å². The molecule has 0 saturated heterocycles. The Labute approximate surface area is 60.1 Å². The lowest BCUT2D eigenvalue weighted by Crippen LogP contribution is -2.12. The van der Waals surface area contributed by atoms with E-state index in [0.717, 1.165) is 6.42 Å². The molecule has 0 aromatic carbocycles. The van der Waals surface area contributed by atoms with E-state index in [1.165, 1.54) is 6.92 Å². The van der Waals surface area contributed by atoms with Crippen LogP contribution in [-0.4, -0.2) is 18.0 Å². The number of esters is 1. The lowest BCUT2D eigenvalue weighted by molar-refractivity contribution is -0.145. The van der Waals surface area contributed by atoms with Gasteiger partial charge in [0.05, 0.1) is 0 Å².